The van der Waals surface area contributed by atoms with Crippen molar-refractivity contribution in [2.45, 2.75) is 6.92 Å². The number of benzene rings is 1. The molecule has 1 heterocycles. The van der Waals surface area contributed by atoms with Crippen LogP contribution in [0.1, 0.15) is 5.56 Å². The van der Waals surface area contributed by atoms with E-state index >= 15 is 0 Å². The van der Waals surface area contributed by atoms with Crippen molar-refractivity contribution in [2.24, 2.45) is 0 Å². The van der Waals surface area contributed by atoms with Gasteiger partial charge < -0.3 is 10.3 Å². The van der Waals surface area contributed by atoms with Gasteiger partial charge in [-0.15, -0.1) is 0 Å². The van der Waals surface area contributed by atoms with Crippen molar-refractivity contribution in [3.05, 3.63) is 50.7 Å². The number of hydrogen-bond acceptors (Lipinski definition) is 3. The molecule has 88 valence electrons. The number of aromatic amines is 1. The molecule has 17 heavy (non-hydrogen) atoms. The Balaban J connectivity index is 2.38. The quantitative estimate of drug-likeness (QED) is 0.896. The van der Waals surface area contributed by atoms with Crippen molar-refractivity contribution in [1.29, 1.82) is 0 Å². The monoisotopic (exact) mass is 297 g/mol. The lowest BCUT2D eigenvalue weighted by atomic mass is 10.2. The zero-order valence-corrected chi connectivity index (χ0v) is 10.5. The molecule has 0 bridgehead atoms. The zero-order chi connectivity index (χ0) is 12.4. The van der Waals surface area contributed by atoms with Crippen LogP contribution in [0.2, 0.25) is 0 Å². The maximum atomic E-state index is 13.6. The highest BCUT2D eigenvalue weighted by Gasteiger charge is 2.08. The standard InChI is InChI=1S/C11H9BrFN3O/c1-6-2-3-8(7(13)4-6)16-10-9(12)11(17)15-5-14-10/h2-5H,1H3,(H2,14,15,16,17). The van der Waals surface area contributed by atoms with Crippen LogP contribution in [0.3, 0.4) is 0 Å². The fourth-order valence-electron chi connectivity index (χ4n) is 1.32. The van der Waals surface area contributed by atoms with Gasteiger partial charge in [-0.1, -0.05) is 6.07 Å². The van der Waals surface area contributed by atoms with Gasteiger partial charge in [-0.2, -0.15) is 0 Å². The van der Waals surface area contributed by atoms with Crippen LogP contribution in [0.15, 0.2) is 33.8 Å². The average molecular weight is 298 g/mol. The van der Waals surface area contributed by atoms with Gasteiger partial charge in [0.05, 0.1) is 12.0 Å². The van der Waals surface area contributed by atoms with Crippen LogP contribution in [-0.4, -0.2) is 9.97 Å². The van der Waals surface area contributed by atoms with Gasteiger partial charge in [0, 0.05) is 0 Å². The molecule has 0 aliphatic heterocycles. The normalized spacial score (nSPS) is 10.3. The summed E-state index contributed by atoms with van der Waals surface area (Å²) in [6.45, 7) is 1.80. The zero-order valence-electron chi connectivity index (χ0n) is 8.92. The first-order chi connectivity index (χ1) is 8.08. The summed E-state index contributed by atoms with van der Waals surface area (Å²) in [5.74, 6) is -0.115. The summed E-state index contributed by atoms with van der Waals surface area (Å²) < 4.78 is 13.8. The Bertz CT molecular complexity index is 612. The number of hydrogen-bond donors (Lipinski definition) is 2. The second kappa shape index (κ2) is 4.67. The molecule has 2 N–H and O–H groups in total. The number of halogens is 2. The van der Waals surface area contributed by atoms with Crippen LogP contribution in [0.5, 0.6) is 0 Å². The van der Waals surface area contributed by atoms with E-state index in [2.05, 4.69) is 31.2 Å². The minimum atomic E-state index is -0.390. The molecule has 4 nitrogen and oxygen atoms in total. The van der Waals surface area contributed by atoms with E-state index < -0.39 is 0 Å². The van der Waals surface area contributed by atoms with Gasteiger partial charge in [-0.05, 0) is 40.5 Å². The molecule has 0 aliphatic rings. The largest absolute Gasteiger partial charge is 0.337 e. The molecule has 6 heteroatoms. The number of anilines is 2. The lowest BCUT2D eigenvalue weighted by molar-refractivity contribution is 0.630. The molecule has 0 amide bonds. The Morgan fingerprint density at radius 3 is 2.94 bits per heavy atom. The molecule has 0 radical (unpaired) electrons. The van der Waals surface area contributed by atoms with Crippen LogP contribution >= 0.6 is 15.9 Å². The highest BCUT2D eigenvalue weighted by atomic mass is 79.9. The maximum Gasteiger partial charge on any atom is 0.267 e. The van der Waals surface area contributed by atoms with E-state index in [0.717, 1.165) is 5.56 Å². The van der Waals surface area contributed by atoms with E-state index in [-0.39, 0.29) is 27.4 Å². The molecule has 2 aromatic rings. The summed E-state index contributed by atoms with van der Waals surface area (Å²) in [6.07, 6.45) is 1.25. The van der Waals surface area contributed by atoms with Gasteiger partial charge in [-0.3, -0.25) is 4.79 Å². The first-order valence-corrected chi connectivity index (χ1v) is 5.63. The Hall–Kier alpha value is -1.69. The van der Waals surface area contributed by atoms with E-state index in [9.17, 15) is 9.18 Å². The predicted octanol–water partition coefficient (Wildman–Crippen LogP) is 2.72. The minimum absolute atomic E-state index is 0.236. The number of nitrogens with one attached hydrogen (secondary N) is 2. The minimum Gasteiger partial charge on any atom is -0.337 e. The molecule has 0 fully saturated rings. The summed E-state index contributed by atoms with van der Waals surface area (Å²) in [5, 5.41) is 2.76. The van der Waals surface area contributed by atoms with E-state index in [1.165, 1.54) is 12.4 Å². The Morgan fingerprint density at radius 2 is 2.24 bits per heavy atom. The number of H-pyrrole nitrogens is 1. The Kier molecular flexibility index (Phi) is 3.23. The third kappa shape index (κ3) is 2.52. The second-order valence-electron chi connectivity index (χ2n) is 3.50. The topological polar surface area (TPSA) is 57.8 Å². The third-order valence-electron chi connectivity index (χ3n) is 2.17. The average Bonchev–Trinajstić information content (AvgIpc) is 2.28. The van der Waals surface area contributed by atoms with Crippen molar-refractivity contribution in [3.63, 3.8) is 0 Å². The van der Waals surface area contributed by atoms with E-state index in [4.69, 9.17) is 0 Å². The van der Waals surface area contributed by atoms with Gasteiger partial charge in [0.25, 0.3) is 5.56 Å². The predicted molar refractivity (Wildman–Crippen MR) is 67.0 cm³/mol. The highest BCUT2D eigenvalue weighted by molar-refractivity contribution is 9.10. The summed E-state index contributed by atoms with van der Waals surface area (Å²) in [4.78, 5) is 17.6. The third-order valence-corrected chi connectivity index (χ3v) is 2.91. The molecular formula is C11H9BrFN3O. The van der Waals surface area contributed by atoms with Crippen molar-refractivity contribution >= 4 is 27.4 Å². The number of aromatic nitrogens is 2. The first-order valence-electron chi connectivity index (χ1n) is 4.84. The second-order valence-corrected chi connectivity index (χ2v) is 4.30. The van der Waals surface area contributed by atoms with E-state index in [1.54, 1.807) is 19.1 Å². The van der Waals surface area contributed by atoms with Gasteiger partial charge in [-0.25, -0.2) is 9.37 Å². The van der Waals surface area contributed by atoms with Gasteiger partial charge in [0.15, 0.2) is 5.82 Å². The summed E-state index contributed by atoms with van der Waals surface area (Å²) in [7, 11) is 0. The fraction of sp³-hybridized carbons (Fsp3) is 0.0909. The molecule has 0 aliphatic carbocycles. The van der Waals surface area contributed by atoms with Crippen molar-refractivity contribution in [1.82, 2.24) is 9.97 Å². The van der Waals surface area contributed by atoms with Gasteiger partial charge in [0.2, 0.25) is 0 Å². The molecule has 1 aromatic heterocycles. The molecule has 0 atom stereocenters. The van der Waals surface area contributed by atoms with Gasteiger partial charge >= 0.3 is 0 Å². The molecule has 1 aromatic carbocycles. The molecule has 0 unspecified atom stereocenters. The number of nitrogens with zero attached hydrogens (tertiary/aromatic N) is 1. The first kappa shape index (κ1) is 11.8. The Morgan fingerprint density at radius 1 is 1.47 bits per heavy atom. The van der Waals surface area contributed by atoms with Crippen LogP contribution in [0.25, 0.3) is 0 Å². The summed E-state index contributed by atoms with van der Waals surface area (Å²) in [6, 6.07) is 4.77. The smallest absolute Gasteiger partial charge is 0.267 e. The number of rotatable bonds is 2. The van der Waals surface area contributed by atoms with E-state index in [0.29, 0.717) is 0 Å². The highest BCUT2D eigenvalue weighted by Crippen LogP contribution is 2.22. The van der Waals surface area contributed by atoms with Gasteiger partial charge in [0.1, 0.15) is 10.3 Å². The molecule has 0 spiro atoms. The van der Waals surface area contributed by atoms with E-state index in [1.807, 2.05) is 0 Å². The lowest BCUT2D eigenvalue weighted by Crippen LogP contribution is -2.10. The SMILES string of the molecule is Cc1ccc(Nc2nc[nH]c(=O)c2Br)c(F)c1. The number of aryl methyl sites for hydroxylation is 1. The molecule has 2 rings (SSSR count). The van der Waals surface area contributed by atoms with Crippen LogP contribution < -0.4 is 10.9 Å². The lowest BCUT2D eigenvalue weighted by Gasteiger charge is -2.08. The van der Waals surface area contributed by atoms with Crippen LogP contribution in [0, 0.1) is 12.7 Å². The van der Waals surface area contributed by atoms with Crippen LogP contribution in [-0.2, 0) is 0 Å². The Labute approximate surface area is 105 Å². The maximum absolute atomic E-state index is 13.6. The summed E-state index contributed by atoms with van der Waals surface area (Å²) in [5.41, 5.74) is 0.774. The van der Waals surface area contributed by atoms with Crippen molar-refractivity contribution < 1.29 is 4.39 Å². The molecule has 0 saturated carbocycles. The van der Waals surface area contributed by atoms with Crippen LogP contribution in [0.4, 0.5) is 15.9 Å². The van der Waals surface area contributed by atoms with Crippen molar-refractivity contribution in [3.8, 4) is 0 Å². The fourth-order valence-corrected chi connectivity index (χ4v) is 1.64. The molecule has 0 saturated heterocycles. The van der Waals surface area contributed by atoms with Crippen molar-refractivity contribution in [2.75, 3.05) is 5.32 Å². The summed E-state index contributed by atoms with van der Waals surface area (Å²) >= 11 is 3.09. The molecular weight excluding hydrogens is 289 g/mol.